The van der Waals surface area contributed by atoms with Gasteiger partial charge in [-0.15, -0.1) is 11.8 Å². The highest BCUT2D eigenvalue weighted by Gasteiger charge is 2.39. The molecule has 8 rings (SSSR count). The van der Waals surface area contributed by atoms with Gasteiger partial charge in [-0.3, -0.25) is 9.69 Å². The summed E-state index contributed by atoms with van der Waals surface area (Å²) in [5.41, 5.74) is 8.29. The summed E-state index contributed by atoms with van der Waals surface area (Å²) < 4.78 is 2.43. The second kappa shape index (κ2) is 7.40. The molecule has 0 fully saturated rings. The molecule has 0 N–H and O–H groups in total. The van der Waals surface area contributed by atoms with Crippen molar-refractivity contribution in [2.24, 2.45) is 0 Å². The monoisotopic (exact) mass is 479 g/mol. The summed E-state index contributed by atoms with van der Waals surface area (Å²) in [6, 6.07) is 32.6. The molecule has 5 aromatic rings. The Morgan fingerprint density at radius 1 is 0.750 bits per heavy atom. The maximum absolute atomic E-state index is 9.32. The molecular formula is C32H21N3S. The second-order valence-corrected chi connectivity index (χ2v) is 10.9. The van der Waals surface area contributed by atoms with Gasteiger partial charge in [-0.05, 0) is 47.5 Å². The predicted octanol–water partition coefficient (Wildman–Crippen LogP) is 7.72. The summed E-state index contributed by atoms with van der Waals surface area (Å²) in [6.07, 6.45) is 9.04. The molecule has 0 amide bonds. The van der Waals surface area contributed by atoms with Crippen LogP contribution in [-0.2, 0) is 0 Å². The Morgan fingerprint density at radius 3 is 2.44 bits per heavy atom. The predicted molar refractivity (Wildman–Crippen MR) is 147 cm³/mol. The van der Waals surface area contributed by atoms with Gasteiger partial charge in [0.05, 0.1) is 28.4 Å². The van der Waals surface area contributed by atoms with E-state index in [1.54, 1.807) is 0 Å². The van der Waals surface area contributed by atoms with Gasteiger partial charge in [0.2, 0.25) is 0 Å². The Hall–Kier alpha value is -4.20. The summed E-state index contributed by atoms with van der Waals surface area (Å²) in [6.45, 7) is 0. The number of hydrogen-bond donors (Lipinski definition) is 0. The molecule has 4 heteroatoms. The lowest BCUT2D eigenvalue weighted by atomic mass is 9.89. The highest BCUT2D eigenvalue weighted by atomic mass is 32.2. The van der Waals surface area contributed by atoms with Gasteiger partial charge in [-0.25, -0.2) is 0 Å². The summed E-state index contributed by atoms with van der Waals surface area (Å²) in [7, 11) is 0. The summed E-state index contributed by atoms with van der Waals surface area (Å²) in [5, 5.41) is 14.8. The SMILES string of the molecule is N#Cc1ccc(C2c3ccccc3N2n2c3ccccc3c3cc4c(cc32)C2C=CC=CC2S4)cc1. The van der Waals surface area contributed by atoms with Gasteiger partial charge < -0.3 is 0 Å². The summed E-state index contributed by atoms with van der Waals surface area (Å²) in [5.74, 6) is 0.420. The molecule has 3 unspecified atom stereocenters. The first kappa shape index (κ1) is 20.0. The van der Waals surface area contributed by atoms with Gasteiger partial charge in [-0.2, -0.15) is 5.26 Å². The zero-order chi connectivity index (χ0) is 23.8. The number of nitriles is 1. The van der Waals surface area contributed by atoms with Crippen LogP contribution >= 0.6 is 11.8 Å². The van der Waals surface area contributed by atoms with Crippen molar-refractivity contribution in [1.82, 2.24) is 4.68 Å². The molecule has 2 aliphatic heterocycles. The van der Waals surface area contributed by atoms with Crippen molar-refractivity contribution in [3.63, 3.8) is 0 Å². The lowest BCUT2D eigenvalue weighted by Crippen LogP contribution is -2.42. The van der Waals surface area contributed by atoms with Crippen LogP contribution < -0.4 is 5.01 Å². The highest BCUT2D eigenvalue weighted by Crippen LogP contribution is 2.52. The zero-order valence-electron chi connectivity index (χ0n) is 19.4. The van der Waals surface area contributed by atoms with Crippen LogP contribution in [0, 0.1) is 11.3 Å². The number of allylic oxidation sites excluding steroid dienone is 3. The molecular weight excluding hydrogens is 458 g/mol. The fourth-order valence-electron chi connectivity index (χ4n) is 6.13. The van der Waals surface area contributed by atoms with Crippen LogP contribution in [0.25, 0.3) is 21.8 Å². The first-order valence-electron chi connectivity index (χ1n) is 12.3. The van der Waals surface area contributed by atoms with Crippen molar-refractivity contribution >= 4 is 39.3 Å². The quantitative estimate of drug-likeness (QED) is 0.260. The van der Waals surface area contributed by atoms with E-state index in [2.05, 4.69) is 113 Å². The molecule has 3 heterocycles. The number of aromatic nitrogens is 1. The number of nitrogens with zero attached hydrogens (tertiary/aromatic N) is 3. The van der Waals surface area contributed by atoms with Crippen LogP contribution in [0.3, 0.4) is 0 Å². The third-order valence-corrected chi connectivity index (χ3v) is 9.11. The van der Waals surface area contributed by atoms with Gasteiger partial charge in [-0.1, -0.05) is 72.8 Å². The number of rotatable bonds is 2. The molecule has 3 aliphatic rings. The lowest BCUT2D eigenvalue weighted by Gasteiger charge is -2.46. The van der Waals surface area contributed by atoms with Crippen LogP contribution in [-0.4, -0.2) is 9.93 Å². The molecule has 0 spiro atoms. The molecule has 170 valence electrons. The first-order chi connectivity index (χ1) is 17.8. The number of hydrogen-bond acceptors (Lipinski definition) is 3. The molecule has 36 heavy (non-hydrogen) atoms. The van der Waals surface area contributed by atoms with E-state index >= 15 is 0 Å². The van der Waals surface area contributed by atoms with E-state index in [-0.39, 0.29) is 6.04 Å². The summed E-state index contributed by atoms with van der Waals surface area (Å²) in [4.78, 5) is 1.39. The number of para-hydroxylation sites is 2. The van der Waals surface area contributed by atoms with Crippen LogP contribution in [0.1, 0.15) is 34.2 Å². The van der Waals surface area contributed by atoms with Gasteiger partial charge in [0.1, 0.15) is 6.04 Å². The topological polar surface area (TPSA) is 32.0 Å². The van der Waals surface area contributed by atoms with Crippen molar-refractivity contribution in [3.05, 3.63) is 131 Å². The molecule has 0 bridgehead atoms. The van der Waals surface area contributed by atoms with Crippen molar-refractivity contribution in [2.45, 2.75) is 22.1 Å². The maximum atomic E-state index is 9.32. The van der Waals surface area contributed by atoms with E-state index < -0.39 is 0 Å². The molecule has 0 saturated carbocycles. The normalized spacial score (nSPS) is 21.2. The summed E-state index contributed by atoms with van der Waals surface area (Å²) >= 11 is 1.98. The van der Waals surface area contributed by atoms with Crippen LogP contribution in [0.5, 0.6) is 0 Å². The third kappa shape index (κ3) is 2.64. The molecule has 4 aromatic carbocycles. The van der Waals surface area contributed by atoms with E-state index in [9.17, 15) is 5.26 Å². The van der Waals surface area contributed by atoms with Crippen molar-refractivity contribution in [2.75, 3.05) is 5.01 Å². The number of benzene rings is 4. The molecule has 3 nitrogen and oxygen atoms in total. The first-order valence-corrected chi connectivity index (χ1v) is 13.2. The van der Waals surface area contributed by atoms with Gasteiger partial charge in [0.15, 0.2) is 0 Å². The Kier molecular flexibility index (Phi) is 4.12. The van der Waals surface area contributed by atoms with E-state index in [4.69, 9.17) is 0 Å². The fraction of sp³-hybridized carbons (Fsp3) is 0.0938. The van der Waals surface area contributed by atoms with Crippen LogP contribution in [0.2, 0.25) is 0 Å². The van der Waals surface area contributed by atoms with Gasteiger partial charge in [0, 0.05) is 32.4 Å². The van der Waals surface area contributed by atoms with Gasteiger partial charge in [0.25, 0.3) is 0 Å². The Bertz CT molecular complexity index is 1800. The highest BCUT2D eigenvalue weighted by molar-refractivity contribution is 8.00. The second-order valence-electron chi connectivity index (χ2n) is 9.65. The number of anilines is 1. The van der Waals surface area contributed by atoms with E-state index in [0.29, 0.717) is 16.7 Å². The average Bonchev–Trinajstić information content (AvgIpc) is 3.44. The Labute approximate surface area is 213 Å². The minimum atomic E-state index is 0.0841. The number of thioether (sulfide) groups is 1. The smallest absolute Gasteiger partial charge is 0.103 e. The fourth-order valence-corrected chi connectivity index (χ4v) is 7.49. The molecule has 1 aromatic heterocycles. The van der Waals surface area contributed by atoms with Crippen LogP contribution in [0.4, 0.5) is 5.69 Å². The lowest BCUT2D eigenvalue weighted by molar-refractivity contribution is 0.595. The van der Waals surface area contributed by atoms with Crippen molar-refractivity contribution in [3.8, 4) is 6.07 Å². The third-order valence-electron chi connectivity index (χ3n) is 7.78. The van der Waals surface area contributed by atoms with Gasteiger partial charge >= 0.3 is 0 Å². The Morgan fingerprint density at radius 2 is 1.56 bits per heavy atom. The Balaban J connectivity index is 1.39. The molecule has 0 radical (unpaired) electrons. The minimum Gasteiger partial charge on any atom is -0.268 e. The standard InChI is InChI=1S/C32H21N3S/c33-19-20-13-15-21(16-14-20)32-24-9-2-5-11-28(24)35(32)34-27-10-4-1-7-22(27)25-18-31-26(17-29(25)34)23-8-3-6-12-30(23)36-31/h1-18,23,30,32H. The molecule has 0 saturated heterocycles. The van der Waals surface area contributed by atoms with Crippen LogP contribution in [0.15, 0.2) is 114 Å². The van der Waals surface area contributed by atoms with E-state index in [1.165, 1.54) is 49.1 Å². The maximum Gasteiger partial charge on any atom is 0.103 e. The van der Waals surface area contributed by atoms with E-state index in [0.717, 1.165) is 0 Å². The van der Waals surface area contributed by atoms with Crippen molar-refractivity contribution in [1.29, 1.82) is 5.26 Å². The largest absolute Gasteiger partial charge is 0.268 e. The van der Waals surface area contributed by atoms with E-state index in [1.807, 2.05) is 23.9 Å². The molecule has 3 atom stereocenters. The number of fused-ring (bicyclic) bond motifs is 7. The zero-order valence-corrected chi connectivity index (χ0v) is 20.2. The molecule has 1 aliphatic carbocycles. The van der Waals surface area contributed by atoms with Crippen molar-refractivity contribution < 1.29 is 0 Å². The minimum absolute atomic E-state index is 0.0841. The average molecular weight is 480 g/mol.